The molecule has 11 amide bonds. The largest absolute Gasteiger partial charge is 0.508 e. The minimum atomic E-state index is -1.85. The van der Waals surface area contributed by atoms with Crippen LogP contribution in [0.15, 0.2) is 54.7 Å². The average molecular weight is 1580 g/mol. The number of para-hydroxylation sites is 1. The number of nitrogens with two attached hydrogens (primary N) is 2. The van der Waals surface area contributed by atoms with Gasteiger partial charge in [0.25, 0.3) is 0 Å². The van der Waals surface area contributed by atoms with Crippen LogP contribution in [-0.4, -0.2) is 194 Å². The average Bonchev–Trinajstić information content (AvgIpc) is 1.73. The van der Waals surface area contributed by atoms with Crippen molar-refractivity contribution in [2.75, 3.05) is 13.1 Å². The molecular weight excluding hydrogens is 1460 g/mol. The second kappa shape index (κ2) is 46.0. The summed E-state index contributed by atoms with van der Waals surface area (Å²) in [6.45, 7) is 16.8. The second-order valence-electron chi connectivity index (χ2n) is 29.7. The number of amides is 11. The Morgan fingerprint density at radius 2 is 1.15 bits per heavy atom. The van der Waals surface area contributed by atoms with E-state index in [2.05, 4.69) is 87.2 Å². The summed E-state index contributed by atoms with van der Waals surface area (Å²) in [5.74, 6) is -6.08. The van der Waals surface area contributed by atoms with E-state index in [-0.39, 0.29) is 102 Å². The number of carbonyl (C=O) groups is 17. The highest BCUT2D eigenvalue weighted by Gasteiger charge is 2.42. The molecule has 2 heterocycles. The monoisotopic (exact) mass is 1570 g/mol. The van der Waals surface area contributed by atoms with Crippen LogP contribution in [0.5, 0.6) is 5.75 Å². The molecule has 4 rings (SSSR count). The van der Waals surface area contributed by atoms with Crippen molar-refractivity contribution in [2.24, 2.45) is 34.6 Å². The van der Waals surface area contributed by atoms with E-state index in [1.54, 1.807) is 44.3 Å². The zero-order valence-corrected chi connectivity index (χ0v) is 65.7. The molecule has 0 radical (unpaired) electrons. The number of nitrogens with one attached hydrogen (secondary N) is 12. The van der Waals surface area contributed by atoms with Gasteiger partial charge in [0.1, 0.15) is 53.3 Å². The molecule has 0 aliphatic carbocycles. The summed E-state index contributed by atoms with van der Waals surface area (Å²) in [5, 5.41) is 49.6. The Bertz CT molecular complexity index is 4080. The first-order valence-corrected chi connectivity index (χ1v) is 37.5. The maximum absolute atomic E-state index is 15.0. The molecule has 0 saturated carbocycles. The van der Waals surface area contributed by atoms with Crippen molar-refractivity contribution in [3.05, 3.63) is 65.9 Å². The lowest BCUT2D eigenvalue weighted by molar-refractivity contribution is -0.140. The Morgan fingerprint density at radius 3 is 1.73 bits per heavy atom. The van der Waals surface area contributed by atoms with Gasteiger partial charge in [-0.15, -0.1) is 0 Å². The molecule has 14 atom stereocenters. The predicted molar refractivity (Wildman–Crippen MR) is 418 cm³/mol. The number of ketones is 5. The van der Waals surface area contributed by atoms with E-state index in [1.165, 1.54) is 93.5 Å². The van der Waals surface area contributed by atoms with E-state index in [0.29, 0.717) is 34.9 Å². The fourth-order valence-corrected chi connectivity index (χ4v) is 12.3. The fraction of sp³-hybridized carbons (Fsp3) is 0.562. The molecule has 33 heteroatoms. The smallest absolute Gasteiger partial charge is 0.303 e. The number of phenols is 1. The van der Waals surface area contributed by atoms with Gasteiger partial charge in [-0.2, -0.15) is 0 Å². The van der Waals surface area contributed by atoms with E-state index in [4.69, 9.17) is 11.5 Å². The highest BCUT2D eigenvalue weighted by atomic mass is 16.4. The van der Waals surface area contributed by atoms with Crippen LogP contribution in [-0.2, 0) is 94.3 Å². The van der Waals surface area contributed by atoms with Crippen molar-refractivity contribution in [3.63, 3.8) is 0 Å². The first-order valence-electron chi connectivity index (χ1n) is 37.5. The topological polar surface area (TPSA) is 531 Å². The summed E-state index contributed by atoms with van der Waals surface area (Å²) in [5.41, 5.74) is 9.07. The second-order valence-corrected chi connectivity index (χ2v) is 29.7. The van der Waals surface area contributed by atoms with Gasteiger partial charge in [-0.05, 0) is 147 Å². The molecule has 4 unspecified atom stereocenters. The number of hydrogen-bond acceptors (Lipinski definition) is 20. The van der Waals surface area contributed by atoms with Crippen molar-refractivity contribution in [2.45, 2.75) is 253 Å². The number of aliphatic carboxylic acids is 1. The first-order chi connectivity index (χ1) is 52.6. The van der Waals surface area contributed by atoms with Gasteiger partial charge >= 0.3 is 5.97 Å². The minimum Gasteiger partial charge on any atom is -0.508 e. The maximum Gasteiger partial charge on any atom is 0.303 e. The van der Waals surface area contributed by atoms with Gasteiger partial charge < -0.3 is 85.1 Å². The fourth-order valence-electron chi connectivity index (χ4n) is 12.3. The van der Waals surface area contributed by atoms with Crippen molar-refractivity contribution >= 4 is 111 Å². The molecule has 0 fully saturated rings. The van der Waals surface area contributed by atoms with Crippen LogP contribution in [0.1, 0.15) is 185 Å². The van der Waals surface area contributed by atoms with Crippen molar-refractivity contribution in [1.29, 1.82) is 0 Å². The van der Waals surface area contributed by atoms with Gasteiger partial charge in [0, 0.05) is 81.1 Å². The molecule has 1 aromatic heterocycles. The molecule has 113 heavy (non-hydrogen) atoms. The van der Waals surface area contributed by atoms with E-state index in [9.17, 15) is 91.7 Å². The lowest BCUT2D eigenvalue weighted by atomic mass is 9.79. The molecule has 0 bridgehead atoms. The summed E-state index contributed by atoms with van der Waals surface area (Å²) in [6, 6.07) is -1.83. The number of H-pyrrole nitrogens is 1. The molecule has 1 aliphatic heterocycles. The minimum absolute atomic E-state index is 0. The lowest BCUT2D eigenvalue weighted by Crippen LogP contribution is -2.62. The Morgan fingerprint density at radius 1 is 0.611 bits per heavy atom. The third-order valence-electron chi connectivity index (χ3n) is 19.2. The third kappa shape index (κ3) is 31.5. The van der Waals surface area contributed by atoms with Crippen LogP contribution in [0.2, 0.25) is 0 Å². The van der Waals surface area contributed by atoms with Gasteiger partial charge in [0.15, 0.2) is 0 Å². The quantitative estimate of drug-likeness (QED) is 0.0341. The number of Topliss-reactive ketones (excluding diaryl/α,β-unsaturated/α-hetero) is 5. The number of aromatic nitrogens is 1. The predicted octanol–water partition coefficient (Wildman–Crippen LogP) is 1.01. The number of hydrogen-bond donors (Lipinski definition) is 16. The number of carbonyl (C=O) groups excluding carboxylic acids is 16. The lowest BCUT2D eigenvalue weighted by Gasteiger charge is -2.33. The van der Waals surface area contributed by atoms with Gasteiger partial charge in [-0.25, -0.2) is 0 Å². The van der Waals surface area contributed by atoms with E-state index in [1.807, 2.05) is 0 Å². The molecule has 618 valence electrons. The Balaban J connectivity index is 0.0000331. The molecular formula is C80H114N14O19. The summed E-state index contributed by atoms with van der Waals surface area (Å²) in [7, 11) is 0. The number of carboxylic acids is 1. The Kier molecular flexibility index (Phi) is 39.1. The van der Waals surface area contributed by atoms with Gasteiger partial charge in [-0.1, -0.05) is 83.7 Å². The molecule has 0 spiro atoms. The van der Waals surface area contributed by atoms with Crippen molar-refractivity contribution in [1.82, 2.24) is 63.5 Å². The van der Waals surface area contributed by atoms with Crippen LogP contribution in [0, 0.1) is 46.9 Å². The highest BCUT2D eigenvalue weighted by molar-refractivity contribution is 6.41. The summed E-state index contributed by atoms with van der Waals surface area (Å²) < 4.78 is 0. The highest BCUT2D eigenvalue weighted by Crippen LogP contribution is 2.31. The summed E-state index contributed by atoms with van der Waals surface area (Å²) in [4.78, 5) is 235. The zero-order valence-electron chi connectivity index (χ0n) is 65.7. The first kappa shape index (κ1) is 96.0. The Hall–Kier alpha value is -11.2. The summed E-state index contributed by atoms with van der Waals surface area (Å²) >= 11 is 0. The number of fused-ring (bicyclic) bond motifs is 1. The maximum atomic E-state index is 15.0. The molecule has 18 N–H and O–H groups in total. The normalized spacial score (nSPS) is 22.5. The van der Waals surface area contributed by atoms with Gasteiger partial charge in [-0.3, -0.25) is 81.5 Å². The number of primary amides is 2. The number of phenolic OH excluding ortho intramolecular Hbond substituents is 1. The SMILES string of the molecule is C.CC(=O)C[C@]1(C)CCCCC#CC#CCCC[C@@](C)(C(=O)NC(C)C(=O)N[C@@H](C)C(=O)NC(C)C(=O)N[C@@H](C)C(=O)C(=O)[C@H](C)NC[C@H](C)C(N)=O)NC(=O)[C@H](CC(C)C)CN[C@@H](CCC(N)=O)C(=O)C(=O)C(C)NC(=O)[C@H](Cc2c[nH]c3ccccc23)NC(=O)C(Cc2ccc(O)cc2)NC(=O)[C@H](CCC(=O)O)NC1=O. The molecule has 0 saturated heterocycles. The summed E-state index contributed by atoms with van der Waals surface area (Å²) in [6.07, 6.45) is 0.127. The third-order valence-corrected chi connectivity index (χ3v) is 19.2. The number of benzene rings is 2. The van der Waals surface area contributed by atoms with E-state index < -0.39 is 197 Å². The number of rotatable bonds is 29. The van der Waals surface area contributed by atoms with Crippen molar-refractivity contribution in [3.8, 4) is 29.4 Å². The molecule has 2 aromatic carbocycles. The van der Waals surface area contributed by atoms with Crippen LogP contribution in [0.25, 0.3) is 10.9 Å². The van der Waals surface area contributed by atoms with Crippen LogP contribution in [0.4, 0.5) is 0 Å². The van der Waals surface area contributed by atoms with Gasteiger partial charge in [0.2, 0.25) is 88.1 Å². The number of carboxylic acid groups (broad SMARTS) is 1. The van der Waals surface area contributed by atoms with E-state index >= 15 is 0 Å². The molecule has 1 aliphatic rings. The Labute approximate surface area is 659 Å². The zero-order chi connectivity index (χ0) is 83.9. The number of aromatic amines is 1. The van der Waals surface area contributed by atoms with Crippen molar-refractivity contribution < 1.29 is 91.7 Å². The van der Waals surface area contributed by atoms with Crippen LogP contribution >= 0.6 is 0 Å². The van der Waals surface area contributed by atoms with E-state index in [0.717, 1.165) is 0 Å². The van der Waals surface area contributed by atoms with Gasteiger partial charge in [0.05, 0.1) is 35.5 Å². The standard InChI is InChI=1S/C79H110N14O19.CH4/c1-43(2)36-54-42-84-58(30-32-62(80)96)67(102)66(101)48(7)86-74(109)61(38-53-41-83-57-25-21-20-24-56(53)57)91-75(110)60(37-52-26-28-55(95)29-27-52)90-73(108)59(31-33-63(97)98)92-76(111)78(11,39-45(4)94)34-22-18-16-14-13-15-17-19-23-35-79(12,93-72(54)107)77(112)89-51(10)71(106)88-50(9)70(105)87-49(8)69(104)85-47(6)65(100)64(99)46(5)82-40-44(3)68(81)103;/h20-21,24-29,41,43-44,46-51,54,58-61,82-84,95H,16,18-19,22-23,30-40,42H2,1-12H3,(H2,80,96)(H2,81,103)(H,85,104)(H,86,109)(H,87,105)(H,88,106)(H,89,112)(H,90,108)(H,91,110)(H,92,111)(H,93,107)(H,97,98);1H4/t44-,46-,47-,48?,49?,50-,51?,54+,58-,59-,60?,61-,78-,79-;/m0./s1. The van der Waals surface area contributed by atoms with Crippen LogP contribution in [0.3, 0.4) is 0 Å². The molecule has 33 nitrogen and oxygen atoms in total. The van der Waals surface area contributed by atoms with Crippen LogP contribution < -0.4 is 70.0 Å². The molecule has 3 aromatic rings. The number of aromatic hydroxyl groups is 1.